The van der Waals surface area contributed by atoms with Crippen LogP contribution in [0.3, 0.4) is 0 Å². The van der Waals surface area contributed by atoms with E-state index in [0.29, 0.717) is 10.9 Å². The number of rotatable bonds is 6. The first-order chi connectivity index (χ1) is 16.2. The number of halogens is 5. The molecule has 0 spiro atoms. The Morgan fingerprint density at radius 1 is 0.800 bits per heavy atom. The van der Waals surface area contributed by atoms with Crippen molar-refractivity contribution in [3.8, 4) is 16.9 Å². The number of hydrogen-bond donors (Lipinski definition) is 1. The highest BCUT2D eigenvalue weighted by atomic mass is 35.5. The topological polar surface area (TPSA) is 21.3 Å². The first-order valence-corrected chi connectivity index (χ1v) is 11.0. The molecule has 0 aliphatic heterocycles. The van der Waals surface area contributed by atoms with Crippen molar-refractivity contribution in [1.82, 2.24) is 5.32 Å². The zero-order valence-electron chi connectivity index (χ0n) is 19.5. The van der Waals surface area contributed by atoms with E-state index in [-0.39, 0.29) is 30.3 Å². The molecule has 4 aromatic carbocycles. The Bertz CT molecular complexity index is 1300. The lowest BCUT2D eigenvalue weighted by atomic mass is 9.92. The first-order valence-electron chi connectivity index (χ1n) is 11.0. The summed E-state index contributed by atoms with van der Waals surface area (Å²) >= 11 is 0. The summed E-state index contributed by atoms with van der Waals surface area (Å²) < 4.78 is 58.5. The molecule has 0 aromatic heterocycles. The number of hydrogen-bond acceptors (Lipinski definition) is 2. The quantitative estimate of drug-likeness (QED) is 0.266. The average Bonchev–Trinajstić information content (AvgIpc) is 2.82. The first kappa shape index (κ1) is 26.5. The minimum atomic E-state index is -4.40. The number of methoxy groups -OCH3 is 1. The number of benzene rings is 4. The molecule has 2 nitrogen and oxygen atoms in total. The standard InChI is InChI=1S/C28H25F4NO.ClH/c1-17(20-5-4-6-25(15-20)34-3)33-18(2)21-13-22-14-24(29)11-12-26(22)27(16-21)19-7-9-23(10-8-19)28(30,31)32;/h4-18,33H,1-3H3;1H/t17-,18?;/m1./s1. The Morgan fingerprint density at radius 2 is 1.49 bits per heavy atom. The minimum absolute atomic E-state index is 0. The Balaban J connectivity index is 0.00000342. The van der Waals surface area contributed by atoms with Crippen LogP contribution < -0.4 is 10.1 Å². The maximum Gasteiger partial charge on any atom is 0.416 e. The maximum absolute atomic E-state index is 14.0. The van der Waals surface area contributed by atoms with Crippen LogP contribution in [-0.2, 0) is 6.18 Å². The van der Waals surface area contributed by atoms with Crippen LogP contribution >= 0.6 is 12.4 Å². The lowest BCUT2D eigenvalue weighted by Gasteiger charge is -2.22. The van der Waals surface area contributed by atoms with Gasteiger partial charge in [0, 0.05) is 12.1 Å². The molecular formula is C28H26ClF4NO. The van der Waals surface area contributed by atoms with Crippen LogP contribution in [0.15, 0.2) is 78.9 Å². The van der Waals surface area contributed by atoms with E-state index in [1.807, 2.05) is 50.2 Å². The molecule has 0 aliphatic rings. The monoisotopic (exact) mass is 503 g/mol. The van der Waals surface area contributed by atoms with Crippen LogP contribution in [0.1, 0.15) is 42.6 Å². The average molecular weight is 504 g/mol. The lowest BCUT2D eigenvalue weighted by molar-refractivity contribution is -0.137. The molecule has 2 atom stereocenters. The third-order valence-electron chi connectivity index (χ3n) is 6.05. The molecule has 7 heteroatoms. The Kier molecular flexibility index (Phi) is 8.08. The predicted octanol–water partition coefficient (Wildman–Crippen LogP) is 8.51. The number of nitrogens with one attached hydrogen (secondary N) is 1. The van der Waals surface area contributed by atoms with Gasteiger partial charge in [-0.3, -0.25) is 0 Å². The Hall–Kier alpha value is -3.09. The van der Waals surface area contributed by atoms with E-state index < -0.39 is 11.7 Å². The molecule has 0 amide bonds. The summed E-state index contributed by atoms with van der Waals surface area (Å²) in [6.07, 6.45) is -4.40. The van der Waals surface area contributed by atoms with Crippen molar-refractivity contribution in [2.75, 3.05) is 7.11 Å². The second-order valence-electron chi connectivity index (χ2n) is 8.40. The van der Waals surface area contributed by atoms with Gasteiger partial charge in [-0.25, -0.2) is 4.39 Å². The summed E-state index contributed by atoms with van der Waals surface area (Å²) in [5.41, 5.74) is 2.65. The van der Waals surface area contributed by atoms with Crippen LogP contribution in [0.4, 0.5) is 17.6 Å². The molecule has 0 aliphatic carbocycles. The smallest absolute Gasteiger partial charge is 0.416 e. The van der Waals surface area contributed by atoms with E-state index in [2.05, 4.69) is 5.32 Å². The van der Waals surface area contributed by atoms with Gasteiger partial charge in [0.15, 0.2) is 0 Å². The summed E-state index contributed by atoms with van der Waals surface area (Å²) in [7, 11) is 1.62. The second kappa shape index (κ2) is 10.7. The molecule has 0 saturated carbocycles. The molecule has 0 heterocycles. The summed E-state index contributed by atoms with van der Waals surface area (Å²) in [6.45, 7) is 4.05. The van der Waals surface area contributed by atoms with E-state index in [1.165, 1.54) is 24.3 Å². The van der Waals surface area contributed by atoms with Crippen molar-refractivity contribution in [1.29, 1.82) is 0 Å². The fraction of sp³-hybridized carbons (Fsp3) is 0.214. The Labute approximate surface area is 208 Å². The van der Waals surface area contributed by atoms with E-state index in [0.717, 1.165) is 40.0 Å². The third-order valence-corrected chi connectivity index (χ3v) is 6.05. The molecule has 0 bridgehead atoms. The van der Waals surface area contributed by atoms with Crippen LogP contribution in [0, 0.1) is 5.82 Å². The van der Waals surface area contributed by atoms with Gasteiger partial charge in [0.2, 0.25) is 0 Å². The largest absolute Gasteiger partial charge is 0.497 e. The van der Waals surface area contributed by atoms with Crippen molar-refractivity contribution < 1.29 is 22.3 Å². The van der Waals surface area contributed by atoms with Crippen LogP contribution in [0.2, 0.25) is 0 Å². The van der Waals surface area contributed by atoms with Gasteiger partial charge in [-0.15, -0.1) is 12.4 Å². The molecular weight excluding hydrogens is 478 g/mol. The molecule has 0 fully saturated rings. The fourth-order valence-corrected chi connectivity index (χ4v) is 4.17. The zero-order valence-corrected chi connectivity index (χ0v) is 20.3. The van der Waals surface area contributed by atoms with Crippen LogP contribution in [-0.4, -0.2) is 7.11 Å². The third kappa shape index (κ3) is 5.95. The molecule has 1 N–H and O–H groups in total. The van der Waals surface area contributed by atoms with E-state index in [1.54, 1.807) is 13.2 Å². The Morgan fingerprint density at radius 3 is 2.14 bits per heavy atom. The normalized spacial score (nSPS) is 13.2. The SMILES string of the molecule is COc1cccc([C@@H](C)NC(C)c2cc(-c3ccc(C(F)(F)F)cc3)c3ccc(F)cc3c2)c1.Cl. The lowest BCUT2D eigenvalue weighted by Crippen LogP contribution is -2.22. The molecule has 4 aromatic rings. The van der Waals surface area contributed by atoms with E-state index in [4.69, 9.17) is 4.74 Å². The van der Waals surface area contributed by atoms with Gasteiger partial charge in [-0.05, 0) is 95.4 Å². The molecule has 0 saturated heterocycles. The fourth-order valence-electron chi connectivity index (χ4n) is 4.17. The highest BCUT2D eigenvalue weighted by Crippen LogP contribution is 2.36. The van der Waals surface area contributed by atoms with Crippen molar-refractivity contribution in [3.05, 3.63) is 101 Å². The predicted molar refractivity (Wildman–Crippen MR) is 135 cm³/mol. The van der Waals surface area contributed by atoms with Gasteiger partial charge < -0.3 is 10.1 Å². The van der Waals surface area contributed by atoms with Crippen LogP contribution in [0.25, 0.3) is 21.9 Å². The van der Waals surface area contributed by atoms with E-state index in [9.17, 15) is 17.6 Å². The number of alkyl halides is 3. The van der Waals surface area contributed by atoms with Gasteiger partial charge in [0.1, 0.15) is 11.6 Å². The van der Waals surface area contributed by atoms with Crippen LogP contribution in [0.5, 0.6) is 5.75 Å². The van der Waals surface area contributed by atoms with Crippen molar-refractivity contribution in [3.63, 3.8) is 0 Å². The van der Waals surface area contributed by atoms with Crippen molar-refractivity contribution in [2.24, 2.45) is 0 Å². The molecule has 184 valence electrons. The summed E-state index contributed by atoms with van der Waals surface area (Å²) in [5.74, 6) is 0.401. The summed E-state index contributed by atoms with van der Waals surface area (Å²) in [5, 5.41) is 5.02. The number of ether oxygens (including phenoxy) is 1. The highest BCUT2D eigenvalue weighted by molar-refractivity contribution is 5.97. The van der Waals surface area contributed by atoms with E-state index >= 15 is 0 Å². The molecule has 35 heavy (non-hydrogen) atoms. The molecule has 4 rings (SSSR count). The molecule has 1 unspecified atom stereocenters. The van der Waals surface area contributed by atoms with Gasteiger partial charge in [-0.1, -0.05) is 30.3 Å². The van der Waals surface area contributed by atoms with Gasteiger partial charge in [-0.2, -0.15) is 13.2 Å². The highest BCUT2D eigenvalue weighted by Gasteiger charge is 2.30. The zero-order chi connectivity index (χ0) is 24.5. The minimum Gasteiger partial charge on any atom is -0.497 e. The second-order valence-corrected chi connectivity index (χ2v) is 8.40. The maximum atomic E-state index is 14.0. The van der Waals surface area contributed by atoms with Gasteiger partial charge in [0.25, 0.3) is 0 Å². The van der Waals surface area contributed by atoms with Gasteiger partial charge in [0.05, 0.1) is 12.7 Å². The molecule has 0 radical (unpaired) electrons. The summed E-state index contributed by atoms with van der Waals surface area (Å²) in [6, 6.07) is 21.1. The van der Waals surface area contributed by atoms with Gasteiger partial charge >= 0.3 is 6.18 Å². The van der Waals surface area contributed by atoms with Crippen molar-refractivity contribution >= 4 is 23.2 Å². The number of fused-ring (bicyclic) bond motifs is 1. The van der Waals surface area contributed by atoms with Crippen molar-refractivity contribution in [2.45, 2.75) is 32.1 Å². The summed E-state index contributed by atoms with van der Waals surface area (Å²) in [4.78, 5) is 0.